The minimum absolute atomic E-state index is 0.176. The van der Waals surface area contributed by atoms with Crippen molar-refractivity contribution in [2.24, 2.45) is 7.05 Å². The number of benzene rings is 1. The summed E-state index contributed by atoms with van der Waals surface area (Å²) in [5.41, 5.74) is 1.54. The summed E-state index contributed by atoms with van der Waals surface area (Å²) >= 11 is 0. The number of fused-ring (bicyclic) bond motifs is 1. The van der Waals surface area contributed by atoms with E-state index >= 15 is 0 Å². The standard InChI is InChI=1S/C21H23N5O4/c1-24-13-16(15-5-4-14(19(27)28)12-17(15)24)18(20(29)30)25-8-3-9-26(11-10-25)21-22-6-2-7-23-21/h2,4-7,12-13,18H,3,8-11H2,1H3,(H,27,28)(H,29,30). The van der Waals surface area contributed by atoms with Gasteiger partial charge in [0, 0.05) is 68.3 Å². The van der Waals surface area contributed by atoms with Crippen LogP contribution in [0.5, 0.6) is 0 Å². The number of aryl methyl sites for hydroxylation is 1. The number of aliphatic carboxylic acids is 1. The van der Waals surface area contributed by atoms with Gasteiger partial charge < -0.3 is 19.7 Å². The summed E-state index contributed by atoms with van der Waals surface area (Å²) in [4.78, 5) is 36.3. The molecule has 2 aromatic heterocycles. The molecule has 9 nitrogen and oxygen atoms in total. The molecule has 0 saturated carbocycles. The number of hydrogen-bond acceptors (Lipinski definition) is 6. The monoisotopic (exact) mass is 409 g/mol. The Balaban J connectivity index is 1.65. The van der Waals surface area contributed by atoms with Gasteiger partial charge in [0.25, 0.3) is 0 Å². The number of rotatable bonds is 5. The molecule has 2 N–H and O–H groups in total. The fourth-order valence-electron chi connectivity index (χ4n) is 4.10. The predicted molar refractivity (Wildman–Crippen MR) is 111 cm³/mol. The Morgan fingerprint density at radius 3 is 2.53 bits per heavy atom. The molecule has 0 amide bonds. The molecule has 4 rings (SSSR count). The first kappa shape index (κ1) is 19.8. The largest absolute Gasteiger partial charge is 0.480 e. The maximum absolute atomic E-state index is 12.3. The summed E-state index contributed by atoms with van der Waals surface area (Å²) in [5.74, 6) is -1.28. The summed E-state index contributed by atoms with van der Waals surface area (Å²) in [6.07, 6.45) is 5.98. The third-order valence-corrected chi connectivity index (χ3v) is 5.53. The van der Waals surface area contributed by atoms with Gasteiger partial charge in [-0.2, -0.15) is 0 Å². The van der Waals surface area contributed by atoms with Gasteiger partial charge in [-0.3, -0.25) is 9.69 Å². The van der Waals surface area contributed by atoms with Crippen molar-refractivity contribution in [1.29, 1.82) is 0 Å². The number of aromatic carboxylic acids is 1. The quantitative estimate of drug-likeness (QED) is 0.658. The second-order valence-corrected chi connectivity index (χ2v) is 7.40. The van der Waals surface area contributed by atoms with E-state index in [1.807, 2.05) is 4.90 Å². The lowest BCUT2D eigenvalue weighted by Crippen LogP contribution is -2.37. The Labute approximate surface area is 173 Å². The Morgan fingerprint density at radius 1 is 1.07 bits per heavy atom. The Kier molecular flexibility index (Phi) is 5.37. The topological polar surface area (TPSA) is 112 Å². The lowest BCUT2D eigenvalue weighted by atomic mass is 10.0. The molecule has 30 heavy (non-hydrogen) atoms. The molecule has 0 aliphatic carbocycles. The molecular weight excluding hydrogens is 386 g/mol. The summed E-state index contributed by atoms with van der Waals surface area (Å²) in [5, 5.41) is 20.1. The highest BCUT2D eigenvalue weighted by atomic mass is 16.4. The number of carboxylic acids is 2. The highest BCUT2D eigenvalue weighted by Gasteiger charge is 2.32. The van der Waals surface area contributed by atoms with Gasteiger partial charge in [0.2, 0.25) is 5.95 Å². The lowest BCUT2D eigenvalue weighted by Gasteiger charge is -2.27. The fourth-order valence-corrected chi connectivity index (χ4v) is 4.10. The molecule has 9 heteroatoms. The van der Waals surface area contributed by atoms with Crippen LogP contribution in [0.1, 0.15) is 28.4 Å². The molecule has 0 radical (unpaired) electrons. The molecular formula is C21H23N5O4. The van der Waals surface area contributed by atoms with Gasteiger partial charge in [0.15, 0.2) is 0 Å². The maximum atomic E-state index is 12.3. The minimum Gasteiger partial charge on any atom is -0.480 e. The van der Waals surface area contributed by atoms with Crippen molar-refractivity contribution in [3.05, 3.63) is 54.0 Å². The molecule has 1 saturated heterocycles. The third kappa shape index (κ3) is 3.71. The summed E-state index contributed by atoms with van der Waals surface area (Å²) in [6.45, 7) is 2.56. The van der Waals surface area contributed by atoms with Crippen LogP contribution in [0.3, 0.4) is 0 Å². The van der Waals surface area contributed by atoms with E-state index in [-0.39, 0.29) is 5.56 Å². The zero-order chi connectivity index (χ0) is 21.3. The second kappa shape index (κ2) is 8.11. The number of carboxylic acid groups (broad SMARTS) is 2. The van der Waals surface area contributed by atoms with E-state index in [9.17, 15) is 19.8 Å². The molecule has 1 unspecified atom stereocenters. The first-order chi connectivity index (χ1) is 14.5. The van der Waals surface area contributed by atoms with Crippen LogP contribution in [0.2, 0.25) is 0 Å². The molecule has 1 aliphatic heterocycles. The maximum Gasteiger partial charge on any atom is 0.335 e. The normalized spacial score (nSPS) is 16.4. The van der Waals surface area contributed by atoms with Gasteiger partial charge in [0.05, 0.1) is 5.56 Å². The van der Waals surface area contributed by atoms with Crippen LogP contribution in [0, 0.1) is 0 Å². The SMILES string of the molecule is Cn1cc(C(C(=O)O)N2CCCN(c3ncccn3)CC2)c2ccc(C(=O)O)cc21. The van der Waals surface area contributed by atoms with Crippen molar-refractivity contribution in [2.75, 3.05) is 31.1 Å². The van der Waals surface area contributed by atoms with E-state index in [1.54, 1.807) is 48.4 Å². The Morgan fingerprint density at radius 2 is 1.83 bits per heavy atom. The summed E-state index contributed by atoms with van der Waals surface area (Å²) < 4.78 is 1.79. The number of anilines is 1. The van der Waals surface area contributed by atoms with Gasteiger partial charge in [0.1, 0.15) is 6.04 Å². The second-order valence-electron chi connectivity index (χ2n) is 7.40. The minimum atomic E-state index is -1.01. The van der Waals surface area contributed by atoms with Crippen molar-refractivity contribution in [3.63, 3.8) is 0 Å². The molecule has 3 heterocycles. The lowest BCUT2D eigenvalue weighted by molar-refractivity contribution is -0.143. The first-order valence-electron chi connectivity index (χ1n) is 9.77. The zero-order valence-corrected chi connectivity index (χ0v) is 16.6. The van der Waals surface area contributed by atoms with E-state index in [0.29, 0.717) is 36.7 Å². The van der Waals surface area contributed by atoms with E-state index < -0.39 is 18.0 Å². The summed E-state index contributed by atoms with van der Waals surface area (Å²) in [7, 11) is 1.80. The van der Waals surface area contributed by atoms with Crippen LogP contribution in [0.4, 0.5) is 5.95 Å². The van der Waals surface area contributed by atoms with Crippen LogP contribution < -0.4 is 4.90 Å². The molecule has 1 aliphatic rings. The smallest absolute Gasteiger partial charge is 0.335 e. The number of carbonyl (C=O) groups is 2. The number of aromatic nitrogens is 3. The molecule has 0 bridgehead atoms. The van der Waals surface area contributed by atoms with E-state index in [0.717, 1.165) is 18.4 Å². The first-order valence-corrected chi connectivity index (χ1v) is 9.77. The van der Waals surface area contributed by atoms with Gasteiger partial charge >= 0.3 is 11.9 Å². The average molecular weight is 409 g/mol. The van der Waals surface area contributed by atoms with E-state index in [1.165, 1.54) is 6.07 Å². The fraction of sp³-hybridized carbons (Fsp3) is 0.333. The van der Waals surface area contributed by atoms with Crippen molar-refractivity contribution in [1.82, 2.24) is 19.4 Å². The van der Waals surface area contributed by atoms with Gasteiger partial charge in [-0.15, -0.1) is 0 Å². The van der Waals surface area contributed by atoms with Crippen molar-refractivity contribution in [2.45, 2.75) is 12.5 Å². The van der Waals surface area contributed by atoms with Crippen LogP contribution in [0.25, 0.3) is 10.9 Å². The van der Waals surface area contributed by atoms with Crippen molar-refractivity contribution >= 4 is 28.8 Å². The van der Waals surface area contributed by atoms with Crippen LogP contribution in [-0.2, 0) is 11.8 Å². The molecule has 1 atom stereocenters. The van der Waals surface area contributed by atoms with Gasteiger partial charge in [-0.1, -0.05) is 6.07 Å². The third-order valence-electron chi connectivity index (χ3n) is 5.53. The van der Waals surface area contributed by atoms with E-state index in [2.05, 4.69) is 14.9 Å². The van der Waals surface area contributed by atoms with Crippen LogP contribution in [0.15, 0.2) is 42.9 Å². The Hall–Kier alpha value is -3.46. The summed E-state index contributed by atoms with van der Waals surface area (Å²) in [6, 6.07) is 5.75. The van der Waals surface area contributed by atoms with Gasteiger partial charge in [-0.05, 0) is 24.6 Å². The van der Waals surface area contributed by atoms with Crippen LogP contribution >= 0.6 is 0 Å². The number of nitrogens with zero attached hydrogens (tertiary/aromatic N) is 5. The molecule has 1 aromatic carbocycles. The average Bonchev–Trinajstić information content (AvgIpc) is 2.90. The molecule has 1 fully saturated rings. The zero-order valence-electron chi connectivity index (χ0n) is 16.6. The van der Waals surface area contributed by atoms with Crippen molar-refractivity contribution < 1.29 is 19.8 Å². The highest BCUT2D eigenvalue weighted by molar-refractivity contribution is 5.96. The van der Waals surface area contributed by atoms with E-state index in [4.69, 9.17) is 0 Å². The molecule has 0 spiro atoms. The highest BCUT2D eigenvalue weighted by Crippen LogP contribution is 2.31. The predicted octanol–water partition coefficient (Wildman–Crippen LogP) is 2.00. The molecule has 3 aromatic rings. The van der Waals surface area contributed by atoms with Gasteiger partial charge in [-0.25, -0.2) is 14.8 Å². The number of hydrogen-bond donors (Lipinski definition) is 2. The van der Waals surface area contributed by atoms with Crippen LogP contribution in [-0.4, -0.2) is 67.8 Å². The molecule has 156 valence electrons. The van der Waals surface area contributed by atoms with Crippen molar-refractivity contribution in [3.8, 4) is 0 Å². The Bertz CT molecular complexity index is 1080.